The maximum absolute atomic E-state index is 6.33. The first-order valence-corrected chi connectivity index (χ1v) is 24.8. The fourth-order valence-corrected chi connectivity index (χ4v) is 12.4. The SMILES string of the molecule is CC1(C)c2ccccc2C(C)(C)c2cc(-c3ccc4ccc5c(c4c3)c3cc(-c4ccc(N(c6ccccc6)c6ccccc6)c6nsnc46)ccc3n5-c3ccc4oc5ccccc5c4c3)ccc21. The molecule has 1 aliphatic rings. The second kappa shape index (κ2) is 15.1. The summed E-state index contributed by atoms with van der Waals surface area (Å²) in [5.41, 5.74) is 19.9. The van der Waals surface area contributed by atoms with Crippen molar-refractivity contribution in [3.05, 3.63) is 229 Å². The maximum Gasteiger partial charge on any atom is 0.135 e. The number of benzene rings is 10. The summed E-state index contributed by atoms with van der Waals surface area (Å²) in [6.07, 6.45) is 0. The lowest BCUT2D eigenvalue weighted by Crippen LogP contribution is -2.36. The summed E-state index contributed by atoms with van der Waals surface area (Å²) in [6, 6.07) is 75.1. The van der Waals surface area contributed by atoms with E-state index in [1.54, 1.807) is 0 Å². The summed E-state index contributed by atoms with van der Waals surface area (Å²) >= 11 is 1.26. The van der Waals surface area contributed by atoms with Gasteiger partial charge in [0.05, 0.1) is 28.4 Å². The van der Waals surface area contributed by atoms with E-state index in [2.05, 4.69) is 231 Å². The number of para-hydroxylation sites is 3. The van der Waals surface area contributed by atoms with Crippen LogP contribution in [0.1, 0.15) is 49.9 Å². The van der Waals surface area contributed by atoms with E-state index in [4.69, 9.17) is 13.2 Å². The maximum atomic E-state index is 6.33. The van der Waals surface area contributed by atoms with Crippen LogP contribution in [0.3, 0.4) is 0 Å². The minimum Gasteiger partial charge on any atom is -0.456 e. The van der Waals surface area contributed by atoms with E-state index in [0.29, 0.717) is 0 Å². The van der Waals surface area contributed by atoms with Crippen LogP contribution in [-0.2, 0) is 10.8 Å². The van der Waals surface area contributed by atoms with Crippen LogP contribution in [-0.4, -0.2) is 13.3 Å². The van der Waals surface area contributed by atoms with Gasteiger partial charge in [-0.3, -0.25) is 0 Å². The van der Waals surface area contributed by atoms with Gasteiger partial charge in [0.15, 0.2) is 0 Å². The Kier molecular flexibility index (Phi) is 8.78. The highest BCUT2D eigenvalue weighted by molar-refractivity contribution is 7.00. The van der Waals surface area contributed by atoms with E-state index >= 15 is 0 Å². The molecule has 0 fully saturated rings. The average molecular weight is 919 g/mol. The van der Waals surface area contributed by atoms with Crippen molar-refractivity contribution in [3.63, 3.8) is 0 Å². The Morgan fingerprint density at radius 1 is 0.443 bits per heavy atom. The van der Waals surface area contributed by atoms with Gasteiger partial charge in [-0.1, -0.05) is 143 Å². The number of nitrogens with zero attached hydrogens (tertiary/aromatic N) is 4. The van der Waals surface area contributed by atoms with Gasteiger partial charge < -0.3 is 13.9 Å². The third-order valence-electron chi connectivity index (χ3n) is 15.3. The van der Waals surface area contributed by atoms with Crippen molar-refractivity contribution in [1.29, 1.82) is 0 Å². The van der Waals surface area contributed by atoms with Crippen LogP contribution in [0.25, 0.3) is 93.5 Å². The lowest BCUT2D eigenvalue weighted by Gasteiger charge is -2.44. The van der Waals surface area contributed by atoms with Crippen molar-refractivity contribution in [2.75, 3.05) is 4.90 Å². The van der Waals surface area contributed by atoms with Crippen LogP contribution in [0.4, 0.5) is 17.1 Å². The molecule has 0 saturated heterocycles. The third-order valence-corrected chi connectivity index (χ3v) is 15.8. The van der Waals surface area contributed by atoms with Crippen LogP contribution in [0.5, 0.6) is 0 Å². The predicted molar refractivity (Wildman–Crippen MR) is 293 cm³/mol. The molecule has 10 aromatic carbocycles. The van der Waals surface area contributed by atoms with E-state index in [9.17, 15) is 0 Å². The highest BCUT2D eigenvalue weighted by Gasteiger charge is 2.41. The molecule has 1 aliphatic carbocycles. The molecule has 13 aromatic rings. The van der Waals surface area contributed by atoms with Crippen LogP contribution in [0.15, 0.2) is 211 Å². The van der Waals surface area contributed by atoms with Gasteiger partial charge in [0, 0.05) is 55.0 Å². The molecule has 6 heteroatoms. The summed E-state index contributed by atoms with van der Waals surface area (Å²) in [5, 5.41) is 7.01. The number of furan rings is 1. The van der Waals surface area contributed by atoms with Crippen LogP contribution < -0.4 is 4.90 Å². The summed E-state index contributed by atoms with van der Waals surface area (Å²) < 4.78 is 18.8. The Bertz CT molecular complexity index is 4210. The second-order valence-corrected chi connectivity index (χ2v) is 20.4. The zero-order valence-electron chi connectivity index (χ0n) is 39.2. The van der Waals surface area contributed by atoms with Crippen molar-refractivity contribution in [2.45, 2.75) is 38.5 Å². The zero-order valence-corrected chi connectivity index (χ0v) is 40.1. The van der Waals surface area contributed by atoms with Crippen LogP contribution >= 0.6 is 11.7 Å². The Morgan fingerprint density at radius 2 is 1.04 bits per heavy atom. The summed E-state index contributed by atoms with van der Waals surface area (Å²) in [5.74, 6) is 0. The van der Waals surface area contributed by atoms with Gasteiger partial charge in [0.2, 0.25) is 0 Å². The molecule has 0 bridgehead atoms. The van der Waals surface area contributed by atoms with Gasteiger partial charge in [-0.2, -0.15) is 8.75 Å². The Hall–Kier alpha value is -8.32. The molecule has 0 N–H and O–H groups in total. The number of hydrogen-bond donors (Lipinski definition) is 0. The van der Waals surface area contributed by atoms with E-state index < -0.39 is 0 Å². The molecule has 70 heavy (non-hydrogen) atoms. The average Bonchev–Trinajstić information content (AvgIpc) is 4.13. The molecular weight excluding hydrogens is 873 g/mol. The standard InChI is InChI=1S/C64H46N4OS/c1-63(2)51-20-12-13-21-52(51)64(3,4)54-37-41(25-30-53(54)63)40-24-23-39-26-32-56-60(48(39)35-40)50-36-42(27-31-55(50)68(56)45-28-34-59-49(38-45)47-19-11-14-22-58(47)69-59)46-29-33-57(62-61(46)65-70-66-62)67(43-15-7-5-8-16-43)44-17-9-6-10-18-44/h5-38H,1-4H3. The molecule has 0 amide bonds. The highest BCUT2D eigenvalue weighted by Crippen LogP contribution is 2.51. The number of hydrogen-bond acceptors (Lipinski definition) is 5. The molecule has 3 aromatic heterocycles. The largest absolute Gasteiger partial charge is 0.456 e. The van der Waals surface area contributed by atoms with Crippen LogP contribution in [0.2, 0.25) is 0 Å². The quantitative estimate of drug-likeness (QED) is 0.167. The summed E-state index contributed by atoms with van der Waals surface area (Å²) in [4.78, 5) is 2.28. The molecule has 0 radical (unpaired) electrons. The van der Waals surface area contributed by atoms with E-state index in [1.807, 2.05) is 12.1 Å². The third kappa shape index (κ3) is 5.96. The lowest BCUT2D eigenvalue weighted by atomic mass is 9.60. The molecule has 0 atom stereocenters. The smallest absolute Gasteiger partial charge is 0.135 e. The Balaban J connectivity index is 0.989. The van der Waals surface area contributed by atoms with Gasteiger partial charge in [0.25, 0.3) is 0 Å². The molecule has 0 aliphatic heterocycles. The van der Waals surface area contributed by atoms with Crippen molar-refractivity contribution in [3.8, 4) is 27.9 Å². The van der Waals surface area contributed by atoms with Gasteiger partial charge in [-0.25, -0.2) is 0 Å². The number of anilines is 3. The van der Waals surface area contributed by atoms with Crippen molar-refractivity contribution >= 4 is 94.3 Å². The van der Waals surface area contributed by atoms with Gasteiger partial charge in [0.1, 0.15) is 22.2 Å². The summed E-state index contributed by atoms with van der Waals surface area (Å²) in [7, 11) is 0. The Morgan fingerprint density at radius 3 is 1.83 bits per heavy atom. The zero-order chi connectivity index (χ0) is 46.9. The number of fused-ring (bicyclic) bond motifs is 11. The first-order valence-electron chi connectivity index (χ1n) is 24.1. The number of rotatable bonds is 6. The first-order chi connectivity index (χ1) is 34.2. The minimum atomic E-state index is -0.148. The topological polar surface area (TPSA) is 47.1 Å². The molecule has 14 rings (SSSR count). The molecule has 334 valence electrons. The fraction of sp³-hybridized carbons (Fsp3) is 0.0938. The van der Waals surface area contributed by atoms with Crippen molar-refractivity contribution < 1.29 is 4.42 Å². The monoisotopic (exact) mass is 918 g/mol. The van der Waals surface area contributed by atoms with Crippen molar-refractivity contribution in [2.24, 2.45) is 0 Å². The highest BCUT2D eigenvalue weighted by atomic mass is 32.1. The molecule has 5 nitrogen and oxygen atoms in total. The van der Waals surface area contributed by atoms with Gasteiger partial charge >= 0.3 is 0 Å². The summed E-state index contributed by atoms with van der Waals surface area (Å²) in [6.45, 7) is 9.51. The fourth-order valence-electron chi connectivity index (χ4n) is 11.8. The molecule has 0 unspecified atom stereocenters. The molecule has 0 saturated carbocycles. The molecular formula is C64H46N4OS. The lowest BCUT2D eigenvalue weighted by molar-refractivity contribution is 0.521. The van der Waals surface area contributed by atoms with E-state index in [0.717, 1.165) is 77.9 Å². The molecule has 0 spiro atoms. The number of aromatic nitrogens is 3. The molecule has 3 heterocycles. The van der Waals surface area contributed by atoms with Crippen LogP contribution in [0, 0.1) is 0 Å². The second-order valence-electron chi connectivity index (χ2n) is 19.9. The van der Waals surface area contributed by atoms with Gasteiger partial charge in [-0.05, 0) is 141 Å². The normalized spacial score (nSPS) is 13.9. The first kappa shape index (κ1) is 40.7. The Labute approximate surface area is 409 Å². The van der Waals surface area contributed by atoms with E-state index in [1.165, 1.54) is 66.7 Å². The predicted octanol–water partition coefficient (Wildman–Crippen LogP) is 17.6. The van der Waals surface area contributed by atoms with Gasteiger partial charge in [-0.15, -0.1) is 0 Å². The van der Waals surface area contributed by atoms with E-state index in [-0.39, 0.29) is 10.8 Å². The van der Waals surface area contributed by atoms with Crippen molar-refractivity contribution in [1.82, 2.24) is 13.3 Å². The minimum absolute atomic E-state index is 0.107.